The fourth-order valence-electron chi connectivity index (χ4n) is 1.71. The van der Waals surface area contributed by atoms with Gasteiger partial charge < -0.3 is 9.88 Å². The molecule has 1 aliphatic rings. The molecule has 0 bridgehead atoms. The summed E-state index contributed by atoms with van der Waals surface area (Å²) in [7, 11) is 2.01. The lowest BCUT2D eigenvalue weighted by atomic mass is 10.2. The number of aromatic amines is 1. The topological polar surface area (TPSA) is 49.0 Å². The molecule has 1 unspecified atom stereocenters. The van der Waals surface area contributed by atoms with Crippen LogP contribution in [0.15, 0.2) is 11.1 Å². The summed E-state index contributed by atoms with van der Waals surface area (Å²) < 4.78 is 0.671. The van der Waals surface area contributed by atoms with Gasteiger partial charge in [-0.3, -0.25) is 4.79 Å². The molecule has 82 valence electrons. The molecule has 1 fully saturated rings. The number of rotatable bonds is 3. The first-order chi connectivity index (χ1) is 7.11. The van der Waals surface area contributed by atoms with Crippen LogP contribution in [-0.2, 0) is 0 Å². The van der Waals surface area contributed by atoms with Crippen molar-refractivity contribution >= 4 is 28.4 Å². The van der Waals surface area contributed by atoms with Gasteiger partial charge in [-0.1, -0.05) is 0 Å². The average Bonchev–Trinajstić information content (AvgIpc) is 3.03. The van der Waals surface area contributed by atoms with E-state index in [1.807, 2.05) is 29.6 Å². The van der Waals surface area contributed by atoms with Gasteiger partial charge in [0.25, 0.3) is 5.56 Å². The Kier molecular flexibility index (Phi) is 2.99. The van der Waals surface area contributed by atoms with E-state index in [1.54, 1.807) is 0 Å². The van der Waals surface area contributed by atoms with Crippen LogP contribution in [0.3, 0.4) is 0 Å². The van der Waals surface area contributed by atoms with Crippen LogP contribution in [0.2, 0.25) is 0 Å². The molecule has 1 saturated carbocycles. The van der Waals surface area contributed by atoms with Gasteiger partial charge in [0.15, 0.2) is 0 Å². The summed E-state index contributed by atoms with van der Waals surface area (Å²) in [5.41, 5.74) is -0.0598. The summed E-state index contributed by atoms with van der Waals surface area (Å²) in [5.74, 6) is 1.56. The first kappa shape index (κ1) is 10.9. The van der Waals surface area contributed by atoms with Gasteiger partial charge in [0.05, 0.1) is 6.33 Å². The lowest BCUT2D eigenvalue weighted by Gasteiger charge is -2.26. The number of halogens is 1. The Labute approximate surface area is 102 Å². The number of hydrogen-bond acceptors (Lipinski definition) is 3. The fraction of sp³-hybridized carbons (Fsp3) is 0.600. The van der Waals surface area contributed by atoms with Crippen molar-refractivity contribution in [2.24, 2.45) is 5.92 Å². The second kappa shape index (κ2) is 4.11. The van der Waals surface area contributed by atoms with E-state index < -0.39 is 0 Å². The van der Waals surface area contributed by atoms with Crippen molar-refractivity contribution in [3.8, 4) is 0 Å². The quantitative estimate of drug-likeness (QED) is 0.861. The van der Waals surface area contributed by atoms with Crippen molar-refractivity contribution in [2.75, 3.05) is 11.9 Å². The maximum Gasteiger partial charge on any atom is 0.266 e. The summed E-state index contributed by atoms with van der Waals surface area (Å²) in [4.78, 5) is 20.3. The van der Waals surface area contributed by atoms with E-state index in [2.05, 4.69) is 21.8 Å². The predicted molar refractivity (Wildman–Crippen MR) is 68.2 cm³/mol. The summed E-state index contributed by atoms with van der Waals surface area (Å²) in [5, 5.41) is 0. The zero-order valence-corrected chi connectivity index (χ0v) is 11.0. The number of nitrogens with zero attached hydrogens (tertiary/aromatic N) is 2. The van der Waals surface area contributed by atoms with Crippen molar-refractivity contribution in [1.29, 1.82) is 0 Å². The molecule has 1 aromatic rings. The van der Waals surface area contributed by atoms with Crippen LogP contribution in [0.25, 0.3) is 0 Å². The van der Waals surface area contributed by atoms with E-state index >= 15 is 0 Å². The third-order valence-corrected chi connectivity index (χ3v) is 4.00. The van der Waals surface area contributed by atoms with Crippen LogP contribution in [0.5, 0.6) is 0 Å². The van der Waals surface area contributed by atoms with Crippen LogP contribution in [0.4, 0.5) is 5.82 Å². The Morgan fingerprint density at radius 2 is 2.33 bits per heavy atom. The number of nitrogens with one attached hydrogen (secondary N) is 1. The van der Waals surface area contributed by atoms with Gasteiger partial charge in [0.1, 0.15) is 9.39 Å². The lowest BCUT2D eigenvalue weighted by Crippen LogP contribution is -2.33. The van der Waals surface area contributed by atoms with Gasteiger partial charge in [-0.25, -0.2) is 4.98 Å². The predicted octanol–water partition coefficient (Wildman–Crippen LogP) is 1.61. The minimum absolute atomic E-state index is 0.0598. The first-order valence-corrected chi connectivity index (χ1v) is 6.15. The molecule has 1 atom stereocenters. The SMILES string of the molecule is CC(C1CC1)N(C)c1nc[nH]c(=O)c1I. The molecule has 1 heterocycles. The van der Waals surface area contributed by atoms with E-state index in [0.717, 1.165) is 11.7 Å². The minimum atomic E-state index is -0.0598. The molecular weight excluding hydrogens is 305 g/mol. The van der Waals surface area contributed by atoms with Crippen molar-refractivity contribution in [1.82, 2.24) is 9.97 Å². The minimum Gasteiger partial charge on any atom is -0.356 e. The number of hydrogen-bond donors (Lipinski definition) is 1. The molecule has 4 nitrogen and oxygen atoms in total. The van der Waals surface area contributed by atoms with Crippen LogP contribution < -0.4 is 10.5 Å². The maximum absolute atomic E-state index is 11.4. The molecular formula is C10H14IN3O. The van der Waals surface area contributed by atoms with E-state index in [-0.39, 0.29) is 5.56 Å². The molecule has 0 amide bonds. The largest absolute Gasteiger partial charge is 0.356 e. The molecule has 5 heteroatoms. The van der Waals surface area contributed by atoms with Crippen molar-refractivity contribution in [2.45, 2.75) is 25.8 Å². The monoisotopic (exact) mass is 319 g/mol. The number of anilines is 1. The highest BCUT2D eigenvalue weighted by Crippen LogP contribution is 2.36. The highest BCUT2D eigenvalue weighted by atomic mass is 127. The van der Waals surface area contributed by atoms with Gasteiger partial charge in [-0.2, -0.15) is 0 Å². The van der Waals surface area contributed by atoms with Gasteiger partial charge >= 0.3 is 0 Å². The van der Waals surface area contributed by atoms with Crippen molar-refractivity contribution in [3.63, 3.8) is 0 Å². The second-order valence-electron chi connectivity index (χ2n) is 4.06. The average molecular weight is 319 g/mol. The number of H-pyrrole nitrogens is 1. The molecule has 1 aliphatic carbocycles. The van der Waals surface area contributed by atoms with Gasteiger partial charge in [0, 0.05) is 13.1 Å². The van der Waals surface area contributed by atoms with Crippen molar-refractivity contribution in [3.05, 3.63) is 20.3 Å². The van der Waals surface area contributed by atoms with E-state index in [0.29, 0.717) is 9.61 Å². The third-order valence-electron chi connectivity index (χ3n) is 3.03. The summed E-state index contributed by atoms with van der Waals surface area (Å²) >= 11 is 2.05. The molecule has 1 aromatic heterocycles. The Morgan fingerprint density at radius 3 is 2.93 bits per heavy atom. The molecule has 0 radical (unpaired) electrons. The van der Waals surface area contributed by atoms with Crippen LogP contribution >= 0.6 is 22.6 Å². The molecule has 0 saturated heterocycles. The highest BCUT2D eigenvalue weighted by molar-refractivity contribution is 14.1. The van der Waals surface area contributed by atoms with Gasteiger partial charge in [-0.05, 0) is 48.3 Å². The lowest BCUT2D eigenvalue weighted by molar-refractivity contribution is 0.602. The van der Waals surface area contributed by atoms with Crippen LogP contribution in [-0.4, -0.2) is 23.1 Å². The molecule has 0 aromatic carbocycles. The Morgan fingerprint density at radius 1 is 1.67 bits per heavy atom. The smallest absolute Gasteiger partial charge is 0.266 e. The molecule has 1 N–H and O–H groups in total. The summed E-state index contributed by atoms with van der Waals surface area (Å²) in [6, 6.07) is 0.466. The van der Waals surface area contributed by atoms with E-state index in [1.165, 1.54) is 19.2 Å². The highest BCUT2D eigenvalue weighted by Gasteiger charge is 2.31. The van der Waals surface area contributed by atoms with Gasteiger partial charge in [0.2, 0.25) is 0 Å². The molecule has 15 heavy (non-hydrogen) atoms. The van der Waals surface area contributed by atoms with E-state index in [4.69, 9.17) is 0 Å². The van der Waals surface area contributed by atoms with Crippen LogP contribution in [0, 0.1) is 9.49 Å². The normalized spacial score (nSPS) is 17.5. The standard InChI is InChI=1S/C10H14IN3O/c1-6(7-3-4-7)14(2)9-8(11)10(15)13-5-12-9/h5-7H,3-4H2,1-2H3,(H,12,13,15). The molecule has 2 rings (SSSR count). The maximum atomic E-state index is 11.4. The third kappa shape index (κ3) is 2.16. The molecule has 0 spiro atoms. The van der Waals surface area contributed by atoms with Crippen LogP contribution in [0.1, 0.15) is 19.8 Å². The van der Waals surface area contributed by atoms with Crippen molar-refractivity contribution < 1.29 is 0 Å². The molecule has 0 aliphatic heterocycles. The Bertz CT molecular complexity index is 413. The summed E-state index contributed by atoms with van der Waals surface area (Å²) in [6.07, 6.45) is 4.06. The zero-order chi connectivity index (χ0) is 11.0. The second-order valence-corrected chi connectivity index (χ2v) is 5.14. The number of aromatic nitrogens is 2. The fourth-order valence-corrected chi connectivity index (χ4v) is 2.38. The first-order valence-electron chi connectivity index (χ1n) is 5.07. The van der Waals surface area contributed by atoms with Gasteiger partial charge in [-0.15, -0.1) is 0 Å². The Hall–Kier alpha value is -0.590. The van der Waals surface area contributed by atoms with E-state index in [9.17, 15) is 4.79 Å². The summed E-state index contributed by atoms with van der Waals surface area (Å²) in [6.45, 7) is 2.19. The zero-order valence-electron chi connectivity index (χ0n) is 8.83. The Balaban J connectivity index is 2.27.